The van der Waals surface area contributed by atoms with Gasteiger partial charge in [0.15, 0.2) is 0 Å². The van der Waals surface area contributed by atoms with Crippen molar-refractivity contribution in [3.63, 3.8) is 0 Å². The maximum Gasteiger partial charge on any atom is 0.317 e. The maximum atomic E-state index is 10.7. The van der Waals surface area contributed by atoms with Crippen LogP contribution in [0.25, 0.3) is 0 Å². The molecule has 1 rings (SSSR count). The molecule has 1 unspecified atom stereocenters. The van der Waals surface area contributed by atoms with Crippen molar-refractivity contribution in [2.45, 2.75) is 33.2 Å². The predicted octanol–water partition coefficient (Wildman–Crippen LogP) is 2.78. The van der Waals surface area contributed by atoms with Gasteiger partial charge in [-0.2, -0.15) is 0 Å². The SMILES string of the molecule is CCc1ccc(C(C)N(CC)CC(=O)O)s1. The fraction of sp³-hybridized carbons (Fsp3) is 0.583. The van der Waals surface area contributed by atoms with Gasteiger partial charge in [-0.15, -0.1) is 11.3 Å². The molecular weight excluding hydrogens is 222 g/mol. The lowest BCUT2D eigenvalue weighted by Crippen LogP contribution is -2.31. The number of carboxylic acid groups (broad SMARTS) is 1. The van der Waals surface area contributed by atoms with E-state index >= 15 is 0 Å². The van der Waals surface area contributed by atoms with Crippen molar-refractivity contribution in [1.29, 1.82) is 0 Å². The van der Waals surface area contributed by atoms with Crippen molar-refractivity contribution in [1.82, 2.24) is 4.90 Å². The summed E-state index contributed by atoms with van der Waals surface area (Å²) in [5.41, 5.74) is 0. The van der Waals surface area contributed by atoms with Gasteiger partial charge in [0.1, 0.15) is 0 Å². The summed E-state index contributed by atoms with van der Waals surface area (Å²) < 4.78 is 0. The highest BCUT2D eigenvalue weighted by atomic mass is 32.1. The third-order valence-electron chi connectivity index (χ3n) is 2.73. The van der Waals surface area contributed by atoms with E-state index in [4.69, 9.17) is 5.11 Å². The van der Waals surface area contributed by atoms with Crippen LogP contribution in [0.3, 0.4) is 0 Å². The van der Waals surface area contributed by atoms with Crippen LogP contribution in [0.1, 0.15) is 36.6 Å². The summed E-state index contributed by atoms with van der Waals surface area (Å²) in [6, 6.07) is 4.43. The Morgan fingerprint density at radius 3 is 2.62 bits per heavy atom. The van der Waals surface area contributed by atoms with Crippen molar-refractivity contribution in [3.05, 3.63) is 21.9 Å². The number of carboxylic acids is 1. The van der Waals surface area contributed by atoms with Gasteiger partial charge >= 0.3 is 5.97 Å². The molecule has 1 aromatic rings. The van der Waals surface area contributed by atoms with E-state index in [-0.39, 0.29) is 12.6 Å². The van der Waals surface area contributed by atoms with E-state index < -0.39 is 5.97 Å². The zero-order valence-electron chi connectivity index (χ0n) is 10.1. The summed E-state index contributed by atoms with van der Waals surface area (Å²) >= 11 is 1.78. The molecule has 1 N–H and O–H groups in total. The Hall–Kier alpha value is -0.870. The van der Waals surface area contributed by atoms with Gasteiger partial charge in [-0.3, -0.25) is 9.69 Å². The van der Waals surface area contributed by atoms with Crippen LogP contribution in [0, 0.1) is 0 Å². The molecule has 4 heteroatoms. The van der Waals surface area contributed by atoms with Gasteiger partial charge in [0.2, 0.25) is 0 Å². The van der Waals surface area contributed by atoms with Gasteiger partial charge in [0.25, 0.3) is 0 Å². The highest BCUT2D eigenvalue weighted by molar-refractivity contribution is 7.12. The number of aryl methyl sites for hydroxylation is 1. The van der Waals surface area contributed by atoms with Crippen molar-refractivity contribution < 1.29 is 9.90 Å². The molecule has 0 radical (unpaired) electrons. The first kappa shape index (κ1) is 13.2. The highest BCUT2D eigenvalue weighted by Crippen LogP contribution is 2.27. The Balaban J connectivity index is 2.73. The molecule has 90 valence electrons. The number of thiophene rings is 1. The Kier molecular flexibility index (Phi) is 4.96. The number of nitrogens with zero attached hydrogens (tertiary/aromatic N) is 1. The van der Waals surface area contributed by atoms with E-state index in [0.717, 1.165) is 13.0 Å². The lowest BCUT2D eigenvalue weighted by atomic mass is 10.2. The van der Waals surface area contributed by atoms with Crippen LogP contribution in [-0.2, 0) is 11.2 Å². The second-order valence-electron chi connectivity index (χ2n) is 3.79. The van der Waals surface area contributed by atoms with Crippen LogP contribution in [0.5, 0.6) is 0 Å². The Labute approximate surface area is 101 Å². The van der Waals surface area contributed by atoms with Gasteiger partial charge < -0.3 is 5.11 Å². The molecule has 0 bridgehead atoms. The number of carbonyl (C=O) groups is 1. The molecule has 0 saturated heterocycles. The van der Waals surface area contributed by atoms with Crippen molar-refractivity contribution in [2.24, 2.45) is 0 Å². The second-order valence-corrected chi connectivity index (χ2v) is 4.99. The quantitative estimate of drug-likeness (QED) is 0.832. The second kappa shape index (κ2) is 6.01. The molecule has 0 amide bonds. The zero-order chi connectivity index (χ0) is 12.1. The van der Waals surface area contributed by atoms with Crippen LogP contribution < -0.4 is 0 Å². The summed E-state index contributed by atoms with van der Waals surface area (Å²) in [6.07, 6.45) is 1.04. The molecule has 0 aliphatic rings. The number of aliphatic carboxylic acids is 1. The molecule has 0 saturated carbocycles. The molecule has 0 aliphatic heterocycles. The molecule has 16 heavy (non-hydrogen) atoms. The number of likely N-dealkylation sites (N-methyl/N-ethyl adjacent to an activating group) is 1. The van der Waals surface area contributed by atoms with Gasteiger partial charge in [-0.1, -0.05) is 13.8 Å². The van der Waals surface area contributed by atoms with E-state index in [0.29, 0.717) is 0 Å². The largest absolute Gasteiger partial charge is 0.480 e. The molecule has 1 atom stereocenters. The molecular formula is C12H19NO2S. The van der Waals surface area contributed by atoms with Gasteiger partial charge in [0.05, 0.1) is 6.54 Å². The Bertz CT molecular complexity index is 349. The van der Waals surface area contributed by atoms with Crippen LogP contribution in [0.4, 0.5) is 0 Å². The van der Waals surface area contributed by atoms with Gasteiger partial charge in [-0.05, 0) is 32.0 Å². The predicted molar refractivity (Wildman–Crippen MR) is 67.0 cm³/mol. The minimum absolute atomic E-state index is 0.108. The van der Waals surface area contributed by atoms with E-state index in [9.17, 15) is 4.79 Å². The molecule has 3 nitrogen and oxygen atoms in total. The van der Waals surface area contributed by atoms with Crippen LogP contribution in [0.15, 0.2) is 12.1 Å². The summed E-state index contributed by atoms with van der Waals surface area (Å²) in [6.45, 7) is 7.06. The Morgan fingerprint density at radius 1 is 1.50 bits per heavy atom. The number of rotatable bonds is 6. The van der Waals surface area contributed by atoms with E-state index in [1.807, 2.05) is 11.8 Å². The standard InChI is InChI=1S/C12H19NO2S/c1-4-10-6-7-11(16-10)9(3)13(5-2)8-12(14)15/h6-7,9H,4-5,8H2,1-3H3,(H,14,15). The van der Waals surface area contributed by atoms with E-state index in [1.54, 1.807) is 11.3 Å². The molecule has 0 aliphatic carbocycles. The molecule has 0 aromatic carbocycles. The minimum atomic E-state index is -0.763. The Morgan fingerprint density at radius 2 is 2.19 bits per heavy atom. The summed E-state index contributed by atoms with van der Waals surface area (Å²) in [5, 5.41) is 8.82. The van der Waals surface area contributed by atoms with Gasteiger partial charge in [-0.25, -0.2) is 0 Å². The van der Waals surface area contributed by atoms with Crippen molar-refractivity contribution >= 4 is 17.3 Å². The topological polar surface area (TPSA) is 40.5 Å². The maximum absolute atomic E-state index is 10.7. The van der Waals surface area contributed by atoms with Gasteiger partial charge in [0, 0.05) is 15.8 Å². The summed E-state index contributed by atoms with van der Waals surface area (Å²) in [4.78, 5) is 15.3. The van der Waals surface area contributed by atoms with Crippen LogP contribution >= 0.6 is 11.3 Å². The highest BCUT2D eigenvalue weighted by Gasteiger charge is 2.18. The normalized spacial score (nSPS) is 13.0. The third-order valence-corrected chi connectivity index (χ3v) is 4.13. The van der Waals surface area contributed by atoms with E-state index in [2.05, 4.69) is 26.0 Å². The van der Waals surface area contributed by atoms with Crippen LogP contribution in [-0.4, -0.2) is 29.1 Å². The fourth-order valence-electron chi connectivity index (χ4n) is 1.69. The summed E-state index contributed by atoms with van der Waals surface area (Å²) in [7, 11) is 0. The molecule has 0 fully saturated rings. The first-order chi connectivity index (χ1) is 7.58. The molecule has 1 heterocycles. The molecule has 1 aromatic heterocycles. The lowest BCUT2D eigenvalue weighted by Gasteiger charge is -2.25. The third kappa shape index (κ3) is 3.32. The smallest absolute Gasteiger partial charge is 0.317 e. The lowest BCUT2D eigenvalue weighted by molar-refractivity contribution is -0.138. The average molecular weight is 241 g/mol. The first-order valence-electron chi connectivity index (χ1n) is 5.62. The van der Waals surface area contributed by atoms with Crippen molar-refractivity contribution in [2.75, 3.05) is 13.1 Å². The average Bonchev–Trinajstić information content (AvgIpc) is 2.73. The summed E-state index contributed by atoms with van der Waals surface area (Å²) in [5.74, 6) is -0.763. The fourth-order valence-corrected chi connectivity index (χ4v) is 2.72. The zero-order valence-corrected chi connectivity index (χ0v) is 10.9. The number of hydrogen-bond donors (Lipinski definition) is 1. The van der Waals surface area contributed by atoms with E-state index in [1.165, 1.54) is 9.75 Å². The first-order valence-corrected chi connectivity index (χ1v) is 6.44. The van der Waals surface area contributed by atoms with Crippen molar-refractivity contribution in [3.8, 4) is 0 Å². The minimum Gasteiger partial charge on any atom is -0.480 e. The monoisotopic (exact) mass is 241 g/mol. The number of hydrogen-bond acceptors (Lipinski definition) is 3. The molecule has 0 spiro atoms. The van der Waals surface area contributed by atoms with Crippen LogP contribution in [0.2, 0.25) is 0 Å².